The molecule has 1 aromatic carbocycles. The molecule has 230 valence electrons. The summed E-state index contributed by atoms with van der Waals surface area (Å²) >= 11 is 6.77. The van der Waals surface area contributed by atoms with Crippen LogP contribution in [-0.4, -0.2) is 74.2 Å². The third kappa shape index (κ3) is 8.36. The van der Waals surface area contributed by atoms with Gasteiger partial charge in [-0.15, -0.1) is 11.3 Å². The summed E-state index contributed by atoms with van der Waals surface area (Å²) in [5, 5.41) is 4.56. The van der Waals surface area contributed by atoms with Crippen LogP contribution in [0.1, 0.15) is 34.5 Å². The van der Waals surface area contributed by atoms with E-state index >= 15 is 0 Å². The Kier molecular flexibility index (Phi) is 10.1. The Labute approximate surface area is 245 Å². The van der Waals surface area contributed by atoms with E-state index in [4.69, 9.17) is 16.3 Å². The van der Waals surface area contributed by atoms with E-state index in [-0.39, 0.29) is 42.8 Å². The molecule has 4 rings (SSSR count). The second-order valence-electron chi connectivity index (χ2n) is 9.99. The molecule has 1 saturated carbocycles. The van der Waals surface area contributed by atoms with Gasteiger partial charge in [-0.25, -0.2) is 0 Å². The van der Waals surface area contributed by atoms with Gasteiger partial charge in [0, 0.05) is 25.3 Å². The average molecular weight is 641 g/mol. The number of hydrogen-bond acceptors (Lipinski definition) is 6. The zero-order chi connectivity index (χ0) is 30.7. The molecule has 8 nitrogen and oxygen atoms in total. The van der Waals surface area contributed by atoms with E-state index in [1.54, 1.807) is 0 Å². The first-order valence-electron chi connectivity index (χ1n) is 13.0. The number of benzene rings is 1. The van der Waals surface area contributed by atoms with Crippen molar-refractivity contribution in [2.24, 2.45) is 5.92 Å². The molecule has 3 amide bonds. The molecule has 2 aliphatic rings. The minimum atomic E-state index is -4.98. The van der Waals surface area contributed by atoms with Crippen molar-refractivity contribution in [2.45, 2.75) is 37.7 Å². The predicted molar refractivity (Wildman–Crippen MR) is 144 cm³/mol. The molecule has 1 aliphatic heterocycles. The van der Waals surface area contributed by atoms with E-state index in [0.29, 0.717) is 23.2 Å². The van der Waals surface area contributed by atoms with Crippen molar-refractivity contribution in [1.29, 1.82) is 0 Å². The number of morpholine rings is 1. The smallest absolute Gasteiger partial charge is 0.370 e. The molecule has 0 bridgehead atoms. The zero-order valence-electron chi connectivity index (χ0n) is 22.0. The topological polar surface area (TPSA) is 91.0 Å². The highest BCUT2D eigenvalue weighted by atomic mass is 35.5. The molecule has 0 spiro atoms. The Hall–Kier alpha value is -2.88. The first-order valence-corrected chi connectivity index (χ1v) is 14.2. The SMILES string of the molecule is O=C(NC[C@@H](C(=O)Nc1ccc(N2CCOCC2=O)cc1C(F)(F)F)N(CC1CCC1)CC(F)(F)F)c1ccc(Cl)s1. The summed E-state index contributed by atoms with van der Waals surface area (Å²) in [6.45, 7) is -2.42. The quantitative estimate of drug-likeness (QED) is 0.349. The Morgan fingerprint density at radius 2 is 1.88 bits per heavy atom. The lowest BCUT2D eigenvalue weighted by Crippen LogP contribution is -2.55. The summed E-state index contributed by atoms with van der Waals surface area (Å²) in [5.41, 5.74) is -2.06. The van der Waals surface area contributed by atoms with Crippen molar-refractivity contribution < 1.29 is 45.5 Å². The Bertz CT molecular complexity index is 1300. The molecule has 2 fully saturated rings. The predicted octanol–water partition coefficient (Wildman–Crippen LogP) is 5.19. The van der Waals surface area contributed by atoms with Gasteiger partial charge in [0.05, 0.1) is 33.6 Å². The van der Waals surface area contributed by atoms with Gasteiger partial charge in [-0.1, -0.05) is 18.0 Å². The molecule has 0 radical (unpaired) electrons. The summed E-state index contributed by atoms with van der Waals surface area (Å²) in [6, 6.07) is 4.03. The van der Waals surface area contributed by atoms with E-state index in [2.05, 4.69) is 10.6 Å². The van der Waals surface area contributed by atoms with Gasteiger partial charge in [-0.05, 0) is 49.1 Å². The van der Waals surface area contributed by atoms with Gasteiger partial charge >= 0.3 is 12.4 Å². The van der Waals surface area contributed by atoms with Crippen molar-refractivity contribution in [3.8, 4) is 0 Å². The number of rotatable bonds is 10. The lowest BCUT2D eigenvalue weighted by molar-refractivity contribution is -0.155. The minimum absolute atomic E-state index is 0.0205. The molecule has 2 N–H and O–H groups in total. The Balaban J connectivity index is 1.62. The fourth-order valence-corrected chi connectivity index (χ4v) is 5.65. The maximum Gasteiger partial charge on any atom is 0.418 e. The molecule has 1 atom stereocenters. The van der Waals surface area contributed by atoms with Crippen LogP contribution in [-0.2, 0) is 20.5 Å². The highest BCUT2D eigenvalue weighted by Gasteiger charge is 2.40. The van der Waals surface area contributed by atoms with Crippen LogP contribution in [0.2, 0.25) is 4.34 Å². The van der Waals surface area contributed by atoms with Gasteiger partial charge in [-0.2, -0.15) is 26.3 Å². The number of anilines is 2. The maximum absolute atomic E-state index is 14.1. The van der Waals surface area contributed by atoms with Crippen LogP contribution in [0.25, 0.3) is 0 Å². The number of nitrogens with zero attached hydrogens (tertiary/aromatic N) is 2. The molecule has 42 heavy (non-hydrogen) atoms. The number of alkyl halides is 6. The number of carbonyl (C=O) groups excluding carboxylic acids is 3. The molecular weight excluding hydrogens is 614 g/mol. The lowest BCUT2D eigenvalue weighted by atomic mass is 9.84. The van der Waals surface area contributed by atoms with Crippen molar-refractivity contribution >= 4 is 52.0 Å². The summed E-state index contributed by atoms with van der Waals surface area (Å²) in [7, 11) is 0. The summed E-state index contributed by atoms with van der Waals surface area (Å²) < 4.78 is 88.4. The molecule has 2 aromatic rings. The second kappa shape index (κ2) is 13.2. The van der Waals surface area contributed by atoms with Gasteiger partial charge in [0.25, 0.3) is 11.8 Å². The normalized spacial score (nSPS) is 17.2. The van der Waals surface area contributed by atoms with E-state index in [0.717, 1.165) is 33.6 Å². The van der Waals surface area contributed by atoms with Crippen molar-refractivity contribution in [3.63, 3.8) is 0 Å². The molecular formula is C26H27ClF6N4O4S. The summed E-state index contributed by atoms with van der Waals surface area (Å²) in [5.74, 6) is -2.54. The van der Waals surface area contributed by atoms with Crippen molar-refractivity contribution in [1.82, 2.24) is 10.2 Å². The fourth-order valence-electron chi connectivity index (χ4n) is 4.69. The largest absolute Gasteiger partial charge is 0.418 e. The molecule has 1 aliphatic carbocycles. The number of ether oxygens (including phenoxy) is 1. The summed E-state index contributed by atoms with van der Waals surface area (Å²) in [4.78, 5) is 40.3. The van der Waals surface area contributed by atoms with Crippen molar-refractivity contribution in [2.75, 3.05) is 49.6 Å². The average Bonchev–Trinajstić information content (AvgIpc) is 3.31. The Morgan fingerprint density at radius 1 is 1.14 bits per heavy atom. The van der Waals surface area contributed by atoms with Gasteiger partial charge < -0.3 is 20.3 Å². The van der Waals surface area contributed by atoms with Crippen LogP contribution < -0.4 is 15.5 Å². The van der Waals surface area contributed by atoms with E-state index in [1.807, 2.05) is 0 Å². The standard InChI is InChI=1S/C26H27ClF6N4O4S/c27-21-7-6-20(42-21)24(40)34-11-19(36(14-25(28,29)30)12-15-2-1-3-15)23(39)35-18-5-4-16(10-17(18)26(31,32)33)37-8-9-41-13-22(37)38/h4-7,10,15,19H,1-3,8-9,11-14H2,(H,34,40)(H,35,39)/t19-/m0/s1. The van der Waals surface area contributed by atoms with E-state index in [1.165, 1.54) is 18.2 Å². The minimum Gasteiger partial charge on any atom is -0.370 e. The fraction of sp³-hybridized carbons (Fsp3) is 0.500. The number of amides is 3. The third-order valence-electron chi connectivity index (χ3n) is 6.96. The van der Waals surface area contributed by atoms with Gasteiger partial charge in [0.2, 0.25) is 5.91 Å². The van der Waals surface area contributed by atoms with E-state index < -0.39 is 60.5 Å². The monoisotopic (exact) mass is 640 g/mol. The molecule has 16 heteroatoms. The maximum atomic E-state index is 14.1. The second-order valence-corrected chi connectivity index (χ2v) is 11.7. The molecule has 0 unspecified atom stereocenters. The van der Waals surface area contributed by atoms with Crippen LogP contribution in [0.4, 0.5) is 37.7 Å². The van der Waals surface area contributed by atoms with Crippen molar-refractivity contribution in [3.05, 3.63) is 45.1 Å². The molecule has 1 saturated heterocycles. The van der Waals surface area contributed by atoms with Gasteiger partial charge in [0.15, 0.2) is 0 Å². The Morgan fingerprint density at radius 3 is 2.45 bits per heavy atom. The third-order valence-corrected chi connectivity index (χ3v) is 8.19. The number of nitrogens with one attached hydrogen (secondary N) is 2. The summed E-state index contributed by atoms with van der Waals surface area (Å²) in [6.07, 6.45) is -7.61. The van der Waals surface area contributed by atoms with Crippen LogP contribution in [0.15, 0.2) is 30.3 Å². The number of thiophene rings is 1. The van der Waals surface area contributed by atoms with Gasteiger partial charge in [-0.3, -0.25) is 19.3 Å². The zero-order valence-corrected chi connectivity index (χ0v) is 23.6. The lowest BCUT2D eigenvalue weighted by Gasteiger charge is -2.37. The van der Waals surface area contributed by atoms with Crippen LogP contribution in [0.5, 0.6) is 0 Å². The van der Waals surface area contributed by atoms with Gasteiger partial charge in [0.1, 0.15) is 12.6 Å². The van der Waals surface area contributed by atoms with Crippen LogP contribution in [0.3, 0.4) is 0 Å². The van der Waals surface area contributed by atoms with Crippen LogP contribution in [0, 0.1) is 5.92 Å². The number of halogens is 7. The highest BCUT2D eigenvalue weighted by molar-refractivity contribution is 7.18. The van der Waals surface area contributed by atoms with Crippen LogP contribution >= 0.6 is 22.9 Å². The number of hydrogen-bond donors (Lipinski definition) is 2. The highest BCUT2D eigenvalue weighted by Crippen LogP contribution is 2.38. The first-order chi connectivity index (χ1) is 19.7. The van der Waals surface area contributed by atoms with E-state index in [9.17, 15) is 40.7 Å². The molecule has 1 aromatic heterocycles. The number of carbonyl (C=O) groups is 3. The first kappa shape index (κ1) is 32.0. The molecule has 2 heterocycles.